The average molecular weight is 361 g/mol. The number of nitrogens with zero attached hydrogens (tertiary/aromatic N) is 2. The van der Waals surface area contributed by atoms with E-state index in [1.165, 1.54) is 12.3 Å². The molecule has 9 heteroatoms. The molecule has 0 amide bonds. The number of aromatic nitrogens is 1. The Morgan fingerprint density at radius 3 is 2.64 bits per heavy atom. The Labute approximate surface area is 146 Å². The molecule has 1 aromatic rings. The Balaban J connectivity index is 2.28. The van der Waals surface area contributed by atoms with Crippen LogP contribution in [0.3, 0.4) is 0 Å². The monoisotopic (exact) mass is 361 g/mol. The number of hydrogen-bond acceptors (Lipinski definition) is 4. The average Bonchev–Trinajstić information content (AvgIpc) is 2.59. The van der Waals surface area contributed by atoms with Gasteiger partial charge in [0.15, 0.2) is 5.96 Å². The van der Waals surface area contributed by atoms with Gasteiger partial charge in [-0.25, -0.2) is 4.98 Å². The second kappa shape index (κ2) is 11.5. The van der Waals surface area contributed by atoms with Gasteiger partial charge >= 0.3 is 6.18 Å². The first kappa shape index (κ1) is 21.0. The predicted molar refractivity (Wildman–Crippen MR) is 92.8 cm³/mol. The normalized spacial score (nSPS) is 12.1. The minimum Gasteiger partial charge on any atom is -0.382 e. The highest BCUT2D eigenvalue weighted by Gasteiger charge is 2.33. The van der Waals surface area contributed by atoms with Gasteiger partial charge in [0.1, 0.15) is 5.82 Å². The number of aliphatic imine (C=N–C) groups is 1. The maximum Gasteiger partial charge on any atom is 0.419 e. The standard InChI is InChI=1S/C16H26F3N5O/c1-3-25-12-5-4-8-23-15(20-2)24-11-10-22-14-13(16(17,18)19)7-6-9-21-14/h6-7,9H,3-5,8,10-12H2,1-2H3,(H,21,22)(H2,20,23,24). The van der Waals surface area contributed by atoms with Gasteiger partial charge in [0.2, 0.25) is 0 Å². The molecular formula is C16H26F3N5O. The fraction of sp³-hybridized carbons (Fsp3) is 0.625. The Kier molecular flexibility index (Phi) is 9.68. The maximum atomic E-state index is 12.9. The van der Waals surface area contributed by atoms with E-state index in [-0.39, 0.29) is 12.4 Å². The number of hydrogen-bond donors (Lipinski definition) is 3. The number of nitrogens with one attached hydrogen (secondary N) is 3. The third-order valence-corrected chi connectivity index (χ3v) is 3.26. The van der Waals surface area contributed by atoms with Crippen LogP contribution in [0.2, 0.25) is 0 Å². The van der Waals surface area contributed by atoms with Crippen LogP contribution >= 0.6 is 0 Å². The molecule has 0 aromatic carbocycles. The summed E-state index contributed by atoms with van der Waals surface area (Å²) in [6.45, 7) is 4.85. The van der Waals surface area contributed by atoms with Crippen molar-refractivity contribution in [3.05, 3.63) is 23.9 Å². The SMILES string of the molecule is CCOCCCCNC(=NC)NCCNc1ncccc1C(F)(F)F. The molecule has 1 heterocycles. The van der Waals surface area contributed by atoms with E-state index in [1.807, 2.05) is 6.92 Å². The number of unbranched alkanes of at least 4 members (excludes halogenated alkanes) is 1. The van der Waals surface area contributed by atoms with E-state index in [4.69, 9.17) is 4.74 Å². The summed E-state index contributed by atoms with van der Waals surface area (Å²) < 4.78 is 43.8. The Morgan fingerprint density at radius 2 is 1.96 bits per heavy atom. The molecule has 0 atom stereocenters. The highest BCUT2D eigenvalue weighted by atomic mass is 19.4. The van der Waals surface area contributed by atoms with E-state index in [9.17, 15) is 13.2 Å². The van der Waals surface area contributed by atoms with Crippen molar-refractivity contribution in [1.82, 2.24) is 15.6 Å². The van der Waals surface area contributed by atoms with Gasteiger partial charge in [0.05, 0.1) is 5.56 Å². The second-order valence-electron chi connectivity index (χ2n) is 5.15. The molecule has 142 valence electrons. The van der Waals surface area contributed by atoms with E-state index >= 15 is 0 Å². The molecular weight excluding hydrogens is 335 g/mol. The smallest absolute Gasteiger partial charge is 0.382 e. The maximum absolute atomic E-state index is 12.9. The van der Waals surface area contributed by atoms with Crippen molar-refractivity contribution in [3.63, 3.8) is 0 Å². The number of alkyl halides is 3. The molecule has 0 unspecified atom stereocenters. The molecule has 1 rings (SSSR count). The van der Waals surface area contributed by atoms with E-state index in [0.717, 1.165) is 38.7 Å². The number of guanidine groups is 1. The zero-order valence-corrected chi connectivity index (χ0v) is 14.6. The molecule has 25 heavy (non-hydrogen) atoms. The fourth-order valence-electron chi connectivity index (χ4n) is 2.04. The molecule has 3 N–H and O–H groups in total. The second-order valence-corrected chi connectivity index (χ2v) is 5.15. The van der Waals surface area contributed by atoms with Crippen molar-refractivity contribution < 1.29 is 17.9 Å². The zero-order valence-electron chi connectivity index (χ0n) is 14.6. The van der Waals surface area contributed by atoms with Crippen molar-refractivity contribution in [2.45, 2.75) is 25.9 Å². The Bertz CT molecular complexity index is 523. The lowest BCUT2D eigenvalue weighted by atomic mass is 10.2. The molecule has 0 bridgehead atoms. The molecule has 0 saturated carbocycles. The van der Waals surface area contributed by atoms with Crippen LogP contribution in [0.15, 0.2) is 23.3 Å². The number of pyridine rings is 1. The molecule has 0 aliphatic rings. The summed E-state index contributed by atoms with van der Waals surface area (Å²) >= 11 is 0. The van der Waals surface area contributed by atoms with Crippen molar-refractivity contribution in [2.24, 2.45) is 4.99 Å². The topological polar surface area (TPSA) is 70.6 Å². The van der Waals surface area contributed by atoms with E-state index in [0.29, 0.717) is 12.5 Å². The molecule has 1 aromatic heterocycles. The van der Waals surface area contributed by atoms with Gasteiger partial charge in [-0.1, -0.05) is 0 Å². The van der Waals surface area contributed by atoms with E-state index in [2.05, 4.69) is 25.9 Å². The summed E-state index contributed by atoms with van der Waals surface area (Å²) in [5.74, 6) is 0.436. The predicted octanol–water partition coefficient (Wildman–Crippen LogP) is 2.49. The molecule has 0 fully saturated rings. The summed E-state index contributed by atoms with van der Waals surface area (Å²) in [6, 6.07) is 2.27. The van der Waals surface area contributed by atoms with Gasteiger partial charge in [-0.3, -0.25) is 4.99 Å². The number of anilines is 1. The number of rotatable bonds is 10. The van der Waals surface area contributed by atoms with E-state index in [1.54, 1.807) is 7.05 Å². The van der Waals surface area contributed by atoms with Crippen molar-refractivity contribution in [1.29, 1.82) is 0 Å². The van der Waals surface area contributed by atoms with Gasteiger partial charge in [-0.15, -0.1) is 0 Å². The van der Waals surface area contributed by atoms with Gasteiger partial charge < -0.3 is 20.7 Å². The molecule has 0 radical (unpaired) electrons. The lowest BCUT2D eigenvalue weighted by molar-refractivity contribution is -0.137. The lowest BCUT2D eigenvalue weighted by Gasteiger charge is -2.15. The fourth-order valence-corrected chi connectivity index (χ4v) is 2.04. The summed E-state index contributed by atoms with van der Waals surface area (Å²) in [6.07, 6.45) is -1.20. The summed E-state index contributed by atoms with van der Waals surface area (Å²) in [4.78, 5) is 7.81. The van der Waals surface area contributed by atoms with Gasteiger partial charge in [-0.2, -0.15) is 13.2 Å². The van der Waals surface area contributed by atoms with Crippen LogP contribution < -0.4 is 16.0 Å². The third kappa shape index (κ3) is 8.57. The van der Waals surface area contributed by atoms with Crippen molar-refractivity contribution in [3.8, 4) is 0 Å². The van der Waals surface area contributed by atoms with Crippen molar-refractivity contribution >= 4 is 11.8 Å². The first-order valence-corrected chi connectivity index (χ1v) is 8.27. The zero-order chi connectivity index (χ0) is 18.5. The molecule has 0 spiro atoms. The van der Waals surface area contributed by atoms with E-state index < -0.39 is 11.7 Å². The Morgan fingerprint density at radius 1 is 1.20 bits per heavy atom. The highest BCUT2D eigenvalue weighted by molar-refractivity contribution is 5.79. The minimum absolute atomic E-state index is 0.171. The van der Waals surface area contributed by atoms with Gasteiger partial charge in [0, 0.05) is 46.1 Å². The van der Waals surface area contributed by atoms with Crippen LogP contribution in [0.1, 0.15) is 25.3 Å². The van der Waals surface area contributed by atoms with Gasteiger partial charge in [-0.05, 0) is 31.9 Å². The van der Waals surface area contributed by atoms with Crippen LogP contribution in [0.4, 0.5) is 19.0 Å². The molecule has 0 aliphatic heterocycles. The van der Waals surface area contributed by atoms with Crippen LogP contribution in [0.25, 0.3) is 0 Å². The van der Waals surface area contributed by atoms with Crippen LogP contribution in [-0.4, -0.2) is 50.8 Å². The largest absolute Gasteiger partial charge is 0.419 e. The summed E-state index contributed by atoms with van der Waals surface area (Å²) in [5.41, 5.74) is -0.771. The Hall–Kier alpha value is -2.03. The van der Waals surface area contributed by atoms with Crippen LogP contribution in [0, 0.1) is 0 Å². The highest BCUT2D eigenvalue weighted by Crippen LogP contribution is 2.33. The molecule has 0 aliphatic carbocycles. The number of halogens is 3. The van der Waals surface area contributed by atoms with Crippen molar-refractivity contribution in [2.75, 3.05) is 45.2 Å². The van der Waals surface area contributed by atoms with Crippen LogP contribution in [0.5, 0.6) is 0 Å². The van der Waals surface area contributed by atoms with Gasteiger partial charge in [0.25, 0.3) is 0 Å². The number of ether oxygens (including phenoxy) is 1. The first-order chi connectivity index (χ1) is 12.0. The summed E-state index contributed by atoms with van der Waals surface area (Å²) in [5, 5.41) is 8.87. The minimum atomic E-state index is -4.43. The van der Waals surface area contributed by atoms with Crippen LogP contribution in [-0.2, 0) is 10.9 Å². The first-order valence-electron chi connectivity index (χ1n) is 8.27. The summed E-state index contributed by atoms with van der Waals surface area (Å²) in [7, 11) is 1.64. The lowest BCUT2D eigenvalue weighted by Crippen LogP contribution is -2.40. The molecule has 0 saturated heterocycles. The molecule has 6 nitrogen and oxygen atoms in total. The quantitative estimate of drug-likeness (QED) is 0.339. The third-order valence-electron chi connectivity index (χ3n) is 3.26.